The van der Waals surface area contributed by atoms with Crippen LogP contribution in [0.3, 0.4) is 0 Å². The van der Waals surface area contributed by atoms with Gasteiger partial charge in [0.25, 0.3) is 5.69 Å². The third kappa shape index (κ3) is 4.14. The number of nitriles is 1. The van der Waals surface area contributed by atoms with E-state index in [4.69, 9.17) is 4.74 Å². The highest BCUT2D eigenvalue weighted by Crippen LogP contribution is 2.40. The van der Waals surface area contributed by atoms with Crippen molar-refractivity contribution in [2.24, 2.45) is 4.99 Å². The molecule has 0 spiro atoms. The predicted octanol–water partition coefficient (Wildman–Crippen LogP) is 2.62. The lowest BCUT2D eigenvalue weighted by molar-refractivity contribution is -0.384. The number of carbonyl (C=O) groups excluding carboxylic acids is 1. The van der Waals surface area contributed by atoms with E-state index in [-0.39, 0.29) is 11.5 Å². The first-order chi connectivity index (χ1) is 14.1. The van der Waals surface area contributed by atoms with Gasteiger partial charge >= 0.3 is 0 Å². The Morgan fingerprint density at radius 3 is 2.53 bits per heavy atom. The van der Waals surface area contributed by atoms with E-state index in [2.05, 4.69) is 16.4 Å². The number of hydrogen-bond acceptors (Lipinski definition) is 6. The Kier molecular flexibility index (Phi) is 5.54. The van der Waals surface area contributed by atoms with Crippen molar-refractivity contribution in [3.05, 3.63) is 69.3 Å². The first-order valence-electron chi connectivity index (χ1n) is 9.14. The Morgan fingerprint density at radius 2 is 1.97 bits per heavy atom. The molecule has 1 amide bonds. The molecule has 0 radical (unpaired) electrons. The van der Waals surface area contributed by atoms with Crippen LogP contribution in [0.4, 0.5) is 5.69 Å². The van der Waals surface area contributed by atoms with Crippen molar-refractivity contribution in [1.29, 1.82) is 5.26 Å². The second kappa shape index (κ2) is 7.93. The molecule has 1 heterocycles. The molecule has 3 rings (SSSR count). The number of aliphatic hydroxyl groups excluding tert-OH is 1. The fourth-order valence-electron chi connectivity index (χ4n) is 3.25. The van der Waals surface area contributed by atoms with Gasteiger partial charge in [-0.05, 0) is 44.2 Å². The van der Waals surface area contributed by atoms with Gasteiger partial charge in [0, 0.05) is 30.2 Å². The van der Waals surface area contributed by atoms with Crippen LogP contribution in [0.15, 0.2) is 47.5 Å². The highest BCUT2D eigenvalue weighted by Gasteiger charge is 2.43. The van der Waals surface area contributed by atoms with E-state index < -0.39 is 28.6 Å². The van der Waals surface area contributed by atoms with Gasteiger partial charge in [0.15, 0.2) is 0 Å². The van der Waals surface area contributed by atoms with Crippen LogP contribution in [-0.2, 0) is 4.79 Å². The van der Waals surface area contributed by atoms with Gasteiger partial charge in [0.2, 0.25) is 5.91 Å². The summed E-state index contributed by atoms with van der Waals surface area (Å²) in [4.78, 5) is 26.1. The number of nitro benzene ring substituents is 1. The first kappa shape index (κ1) is 21.0. The zero-order valence-corrected chi connectivity index (χ0v) is 16.6. The van der Waals surface area contributed by atoms with Crippen LogP contribution in [0.2, 0.25) is 0 Å². The molecule has 0 aromatic heterocycles. The minimum Gasteiger partial charge on any atom is -0.485 e. The van der Waals surface area contributed by atoms with E-state index in [0.717, 1.165) is 0 Å². The van der Waals surface area contributed by atoms with Crippen molar-refractivity contribution in [3.8, 4) is 11.8 Å². The summed E-state index contributed by atoms with van der Waals surface area (Å²) in [6.45, 7) is 4.72. The largest absolute Gasteiger partial charge is 0.485 e. The van der Waals surface area contributed by atoms with E-state index in [1.807, 2.05) is 0 Å². The monoisotopic (exact) mass is 408 g/mol. The molecule has 9 heteroatoms. The molecule has 154 valence electrons. The van der Waals surface area contributed by atoms with Gasteiger partial charge in [-0.25, -0.2) is 0 Å². The van der Waals surface area contributed by atoms with Crippen LogP contribution in [0, 0.1) is 21.4 Å². The number of benzene rings is 2. The van der Waals surface area contributed by atoms with E-state index in [0.29, 0.717) is 22.4 Å². The van der Waals surface area contributed by atoms with Crippen LogP contribution in [0.1, 0.15) is 43.5 Å². The first-order valence-corrected chi connectivity index (χ1v) is 9.14. The number of nitrogens with zero attached hydrogens (tertiary/aromatic N) is 3. The molecule has 1 aliphatic rings. The average Bonchev–Trinajstić information content (AvgIpc) is 2.70. The maximum atomic E-state index is 11.7. The third-order valence-electron chi connectivity index (χ3n) is 4.79. The van der Waals surface area contributed by atoms with E-state index in [9.17, 15) is 25.3 Å². The molecule has 2 aromatic rings. The van der Waals surface area contributed by atoms with Gasteiger partial charge in [-0.2, -0.15) is 10.3 Å². The summed E-state index contributed by atoms with van der Waals surface area (Å²) >= 11 is 0. The lowest BCUT2D eigenvalue weighted by Crippen LogP contribution is -2.53. The number of aliphatic imine (C=N–C) groups is 1. The van der Waals surface area contributed by atoms with Crippen LogP contribution in [-0.4, -0.2) is 33.5 Å². The highest BCUT2D eigenvalue weighted by molar-refractivity contribution is 6.05. The highest BCUT2D eigenvalue weighted by atomic mass is 16.6. The van der Waals surface area contributed by atoms with Crippen LogP contribution < -0.4 is 10.1 Å². The van der Waals surface area contributed by atoms with Gasteiger partial charge < -0.3 is 15.2 Å². The molecule has 2 atom stereocenters. The number of nitrogens with one attached hydrogen (secondary N) is 1. The molecule has 9 nitrogen and oxygen atoms in total. The van der Waals surface area contributed by atoms with E-state index in [1.165, 1.54) is 31.2 Å². The number of amides is 1. The molecular weight excluding hydrogens is 388 g/mol. The molecule has 2 aromatic carbocycles. The van der Waals surface area contributed by atoms with Crippen molar-refractivity contribution < 1.29 is 19.6 Å². The summed E-state index contributed by atoms with van der Waals surface area (Å²) in [7, 11) is 0. The number of hydrogen-bond donors (Lipinski definition) is 2. The smallest absolute Gasteiger partial charge is 0.269 e. The molecule has 0 fully saturated rings. The standard InChI is InChI=1S/C21H20N4O5/c1-12(26)23-20(14-5-7-15(8-6-14)25(28)29)24-18-16-10-13(11-22)4-9-17(16)30-21(2,3)19(18)27/h4-10,18-19,27H,1-3H3,(H,23,24,26). The number of nitro groups is 1. The fraction of sp³-hybridized carbons (Fsp3) is 0.286. The number of carbonyl (C=O) groups is 1. The van der Waals surface area contributed by atoms with Crippen LogP contribution in [0.5, 0.6) is 5.75 Å². The van der Waals surface area contributed by atoms with Gasteiger partial charge in [-0.1, -0.05) is 0 Å². The Morgan fingerprint density at radius 1 is 1.30 bits per heavy atom. The predicted molar refractivity (Wildman–Crippen MR) is 108 cm³/mol. The molecule has 1 aliphatic heterocycles. The molecule has 0 saturated carbocycles. The Bertz CT molecular complexity index is 1070. The minimum atomic E-state index is -1.05. The van der Waals surface area contributed by atoms with Gasteiger partial charge in [0.05, 0.1) is 22.6 Å². The Balaban J connectivity index is 2.06. The number of aliphatic hydroxyl groups is 1. The quantitative estimate of drug-likeness (QED) is 0.344. The zero-order chi connectivity index (χ0) is 22.1. The number of ether oxygens (including phenoxy) is 1. The summed E-state index contributed by atoms with van der Waals surface area (Å²) in [5.74, 6) is 0.155. The van der Waals surface area contributed by atoms with Gasteiger partial charge in [0.1, 0.15) is 23.3 Å². The van der Waals surface area contributed by atoms with Crippen LogP contribution >= 0.6 is 0 Å². The maximum absolute atomic E-state index is 11.7. The Hall–Kier alpha value is -3.77. The van der Waals surface area contributed by atoms with Crippen molar-refractivity contribution in [1.82, 2.24) is 5.32 Å². The molecule has 0 bridgehead atoms. The lowest BCUT2D eigenvalue weighted by atomic mass is 9.85. The Labute approximate surface area is 172 Å². The number of fused-ring (bicyclic) bond motifs is 1. The second-order valence-electron chi connectivity index (χ2n) is 7.42. The normalized spacial score (nSPS) is 19.8. The topological polar surface area (TPSA) is 138 Å². The number of amidine groups is 1. The lowest BCUT2D eigenvalue weighted by Gasteiger charge is -2.42. The number of rotatable bonds is 3. The van der Waals surface area contributed by atoms with Crippen molar-refractivity contribution in [2.45, 2.75) is 38.5 Å². The van der Waals surface area contributed by atoms with Crippen LogP contribution in [0.25, 0.3) is 0 Å². The van der Waals surface area contributed by atoms with Gasteiger partial charge in [-0.15, -0.1) is 0 Å². The molecule has 0 aliphatic carbocycles. The van der Waals surface area contributed by atoms with Crippen molar-refractivity contribution >= 4 is 17.4 Å². The third-order valence-corrected chi connectivity index (χ3v) is 4.79. The summed E-state index contributed by atoms with van der Waals surface area (Å²) < 4.78 is 5.89. The number of non-ortho nitro benzene ring substituents is 1. The van der Waals surface area contributed by atoms with E-state index >= 15 is 0 Å². The molecule has 0 saturated heterocycles. The second-order valence-corrected chi connectivity index (χ2v) is 7.42. The molecular formula is C21H20N4O5. The summed E-state index contributed by atoms with van der Waals surface area (Å²) in [6.07, 6.45) is -1.05. The maximum Gasteiger partial charge on any atom is 0.269 e. The summed E-state index contributed by atoms with van der Waals surface area (Å²) in [5, 5.41) is 34.2. The average molecular weight is 408 g/mol. The molecule has 30 heavy (non-hydrogen) atoms. The SMILES string of the molecule is CC(=O)N=C(NC1c2cc(C#N)ccc2OC(C)(C)C1O)c1ccc([N+](=O)[O-])cc1. The molecule has 2 unspecified atom stereocenters. The summed E-state index contributed by atoms with van der Waals surface area (Å²) in [5.41, 5.74) is 0.299. The van der Waals surface area contributed by atoms with Crippen molar-refractivity contribution in [3.63, 3.8) is 0 Å². The minimum absolute atomic E-state index is 0.0998. The van der Waals surface area contributed by atoms with Crippen molar-refractivity contribution in [2.75, 3.05) is 0 Å². The van der Waals surface area contributed by atoms with E-state index in [1.54, 1.807) is 32.0 Å². The summed E-state index contributed by atoms with van der Waals surface area (Å²) in [6, 6.07) is 11.7. The molecule has 2 N–H and O–H groups in total. The zero-order valence-electron chi connectivity index (χ0n) is 16.6. The fourth-order valence-corrected chi connectivity index (χ4v) is 3.25. The van der Waals surface area contributed by atoms with Gasteiger partial charge in [-0.3, -0.25) is 14.9 Å².